The molecule has 4 heteroatoms. The van der Waals surface area contributed by atoms with Gasteiger partial charge >= 0.3 is 189 Å². The van der Waals surface area contributed by atoms with Crippen LogP contribution in [-0.4, -0.2) is 40.0 Å². The summed E-state index contributed by atoms with van der Waals surface area (Å²) in [5.74, 6) is 0.970. The second-order valence-corrected chi connectivity index (χ2v) is 24.0. The van der Waals surface area contributed by atoms with E-state index in [0.29, 0.717) is 6.61 Å². The molecule has 30 heavy (non-hydrogen) atoms. The van der Waals surface area contributed by atoms with Crippen molar-refractivity contribution in [3.63, 3.8) is 0 Å². The molecule has 0 aromatic heterocycles. The summed E-state index contributed by atoms with van der Waals surface area (Å²) >= 11 is -2.83. The van der Waals surface area contributed by atoms with E-state index in [-0.39, 0.29) is 15.3 Å². The number of benzene rings is 1. The summed E-state index contributed by atoms with van der Waals surface area (Å²) in [5, 5.41) is 0. The molecular formula is C26H43NO2Sn. The Morgan fingerprint density at radius 2 is 1.47 bits per heavy atom. The van der Waals surface area contributed by atoms with Crippen molar-refractivity contribution in [3.05, 3.63) is 35.4 Å². The Morgan fingerprint density at radius 3 is 1.90 bits per heavy atom. The van der Waals surface area contributed by atoms with Gasteiger partial charge in [-0.15, -0.1) is 0 Å². The topological polar surface area (TPSA) is 34.1 Å². The van der Waals surface area contributed by atoms with E-state index < -0.39 is 18.4 Å². The Labute approximate surface area is 188 Å². The molecule has 0 saturated carbocycles. The fraction of sp³-hybridized carbons (Fsp3) is 0.731. The zero-order chi connectivity index (χ0) is 21.8. The average Bonchev–Trinajstić information content (AvgIpc) is 3.38. The minimum absolute atomic E-state index is 0.135. The normalized spacial score (nSPS) is 25.1. The molecule has 3 rings (SSSR count). The predicted molar refractivity (Wildman–Crippen MR) is 130 cm³/mol. The molecule has 1 fully saturated rings. The maximum atomic E-state index is 6.90. The van der Waals surface area contributed by atoms with Gasteiger partial charge in [0.05, 0.1) is 0 Å². The van der Waals surface area contributed by atoms with Crippen LogP contribution in [0.5, 0.6) is 0 Å². The Bertz CT molecular complexity index is 705. The summed E-state index contributed by atoms with van der Waals surface area (Å²) in [4.78, 5) is 5.16. The van der Waals surface area contributed by atoms with E-state index in [4.69, 9.17) is 14.5 Å². The van der Waals surface area contributed by atoms with Crippen molar-refractivity contribution in [2.24, 2.45) is 4.99 Å². The van der Waals surface area contributed by atoms with E-state index in [1.807, 2.05) is 0 Å². The number of hydrogen-bond acceptors (Lipinski definition) is 3. The van der Waals surface area contributed by atoms with Gasteiger partial charge in [0.2, 0.25) is 0 Å². The minimum atomic E-state index is -2.83. The third-order valence-corrected chi connectivity index (χ3v) is 24.5. The van der Waals surface area contributed by atoms with Crippen LogP contribution < -0.4 is 0 Å². The van der Waals surface area contributed by atoms with Crippen LogP contribution in [0.1, 0.15) is 90.4 Å². The van der Waals surface area contributed by atoms with Crippen molar-refractivity contribution in [1.29, 1.82) is 0 Å². The molecule has 1 aromatic carbocycles. The van der Waals surface area contributed by atoms with E-state index in [0.717, 1.165) is 5.90 Å². The van der Waals surface area contributed by atoms with Crippen molar-refractivity contribution in [1.82, 2.24) is 0 Å². The number of unbranched alkanes of at least 4 members (excludes halogenated alkanes) is 3. The quantitative estimate of drug-likeness (QED) is 0.213. The zero-order valence-electron chi connectivity index (χ0n) is 20.2. The van der Waals surface area contributed by atoms with E-state index in [2.05, 4.69) is 65.8 Å². The zero-order valence-corrected chi connectivity index (χ0v) is 23.1. The van der Waals surface area contributed by atoms with Crippen molar-refractivity contribution in [2.75, 3.05) is 6.61 Å². The third kappa shape index (κ3) is 4.77. The molecule has 0 spiro atoms. The molecule has 2 heterocycles. The summed E-state index contributed by atoms with van der Waals surface area (Å²) in [6.07, 6.45) is 7.92. The van der Waals surface area contributed by atoms with Gasteiger partial charge in [-0.1, -0.05) is 0 Å². The SMILES string of the molecule is CCC[CH2][Sn]([CH2]CCC)([CH2]CCC)[C@@]1(C2=NC(C)(C)CO2)O[C@H]1c1ccc(C)cc1. The van der Waals surface area contributed by atoms with E-state index in [1.165, 1.54) is 63.0 Å². The fourth-order valence-corrected chi connectivity index (χ4v) is 24.2. The number of epoxide rings is 1. The van der Waals surface area contributed by atoms with Crippen LogP contribution in [0.15, 0.2) is 29.3 Å². The van der Waals surface area contributed by atoms with Crippen LogP contribution in [-0.2, 0) is 9.47 Å². The van der Waals surface area contributed by atoms with Crippen LogP contribution in [0.3, 0.4) is 0 Å². The van der Waals surface area contributed by atoms with Gasteiger partial charge in [-0.2, -0.15) is 0 Å². The molecule has 0 unspecified atom stereocenters. The van der Waals surface area contributed by atoms with Crippen LogP contribution in [0, 0.1) is 6.92 Å². The Morgan fingerprint density at radius 1 is 0.933 bits per heavy atom. The number of aliphatic imine (C=N–C) groups is 1. The van der Waals surface area contributed by atoms with Gasteiger partial charge in [0.1, 0.15) is 0 Å². The molecule has 2 atom stereocenters. The van der Waals surface area contributed by atoms with Gasteiger partial charge < -0.3 is 0 Å². The van der Waals surface area contributed by atoms with Crippen molar-refractivity contribution in [3.8, 4) is 0 Å². The van der Waals surface area contributed by atoms with E-state index in [9.17, 15) is 0 Å². The molecule has 168 valence electrons. The number of ether oxygens (including phenoxy) is 2. The first kappa shape index (κ1) is 24.1. The summed E-state index contributed by atoms with van der Waals surface area (Å²) < 4.78 is 17.3. The second kappa shape index (κ2) is 9.93. The number of rotatable bonds is 12. The van der Waals surface area contributed by atoms with E-state index in [1.54, 1.807) is 0 Å². The monoisotopic (exact) mass is 521 g/mol. The molecule has 0 N–H and O–H groups in total. The van der Waals surface area contributed by atoms with Crippen molar-refractivity contribution >= 4 is 24.3 Å². The Kier molecular flexibility index (Phi) is 7.98. The summed E-state index contributed by atoms with van der Waals surface area (Å²) in [5.41, 5.74) is 2.49. The summed E-state index contributed by atoms with van der Waals surface area (Å²) in [7, 11) is 0. The third-order valence-electron chi connectivity index (χ3n) is 7.09. The van der Waals surface area contributed by atoms with Crippen LogP contribution in [0.4, 0.5) is 0 Å². The number of aryl methyl sites for hydroxylation is 1. The van der Waals surface area contributed by atoms with Crippen molar-refractivity contribution < 1.29 is 9.47 Å². The molecule has 0 aliphatic carbocycles. The standard InChI is InChI=1S/C14H16NO2.3C4H9.Sn/c1-9-4-6-10(7-5-9)11-12(17-11)13-15-14(2,3)8-16-13;3*1-3-4-2;/h4-7,11H,8H2,1-3H3;3*1,3-4H2,2H3;/t11-;;;;/m0..../s1. The first-order valence-corrected chi connectivity index (χ1v) is 19.8. The first-order valence-electron chi connectivity index (χ1n) is 12.3. The van der Waals surface area contributed by atoms with Crippen molar-refractivity contribution in [2.45, 2.75) is 109 Å². The van der Waals surface area contributed by atoms with Gasteiger partial charge in [0, 0.05) is 0 Å². The predicted octanol–water partition coefficient (Wildman–Crippen LogP) is 7.40. The number of nitrogens with zero attached hydrogens (tertiary/aromatic N) is 1. The van der Waals surface area contributed by atoms with Gasteiger partial charge in [0.15, 0.2) is 0 Å². The fourth-order valence-electron chi connectivity index (χ4n) is 5.24. The Hall–Kier alpha value is -0.551. The summed E-state index contributed by atoms with van der Waals surface area (Å²) in [6, 6.07) is 9.01. The molecule has 1 aromatic rings. The first-order chi connectivity index (χ1) is 14.3. The summed E-state index contributed by atoms with van der Waals surface area (Å²) in [6.45, 7) is 14.2. The second-order valence-electron chi connectivity index (χ2n) is 10.3. The molecule has 1 saturated heterocycles. The van der Waals surface area contributed by atoms with Crippen LogP contribution in [0.2, 0.25) is 13.3 Å². The van der Waals surface area contributed by atoms with Crippen LogP contribution in [0.25, 0.3) is 0 Å². The molecule has 0 amide bonds. The average molecular weight is 520 g/mol. The Balaban J connectivity index is 2.08. The molecular weight excluding hydrogens is 477 g/mol. The van der Waals surface area contributed by atoms with E-state index >= 15 is 0 Å². The molecule has 0 radical (unpaired) electrons. The molecule has 0 bridgehead atoms. The van der Waals surface area contributed by atoms with Crippen LogP contribution >= 0.6 is 0 Å². The molecule has 2 aliphatic heterocycles. The maximum absolute atomic E-state index is 6.90. The van der Waals surface area contributed by atoms with Gasteiger partial charge in [-0.05, 0) is 0 Å². The van der Waals surface area contributed by atoms with Gasteiger partial charge in [-0.25, -0.2) is 0 Å². The molecule has 2 aliphatic rings. The molecule has 3 nitrogen and oxygen atoms in total. The van der Waals surface area contributed by atoms with Gasteiger partial charge in [-0.3, -0.25) is 0 Å². The van der Waals surface area contributed by atoms with Gasteiger partial charge in [0.25, 0.3) is 0 Å². The number of hydrogen-bond donors (Lipinski definition) is 0.